The topological polar surface area (TPSA) is 83.1 Å². The molecule has 4 aromatic rings. The van der Waals surface area contributed by atoms with Crippen LogP contribution in [0.1, 0.15) is 22.8 Å². The van der Waals surface area contributed by atoms with Gasteiger partial charge in [0.2, 0.25) is 0 Å². The molecule has 2 aliphatic heterocycles. The molecular weight excluding hydrogens is 478 g/mol. The first kappa shape index (κ1) is 24.2. The predicted molar refractivity (Wildman–Crippen MR) is 145 cm³/mol. The van der Waals surface area contributed by atoms with E-state index in [4.69, 9.17) is 14.7 Å². The van der Waals surface area contributed by atoms with Crippen LogP contribution in [0.2, 0.25) is 0 Å². The number of nitrogens with zero attached hydrogens (tertiary/aromatic N) is 5. The zero-order valence-electron chi connectivity index (χ0n) is 21.3. The molecule has 0 spiro atoms. The van der Waals surface area contributed by atoms with E-state index in [-0.39, 0.29) is 11.9 Å². The zero-order valence-corrected chi connectivity index (χ0v) is 21.3. The van der Waals surface area contributed by atoms with Gasteiger partial charge in [-0.2, -0.15) is 5.26 Å². The van der Waals surface area contributed by atoms with Gasteiger partial charge in [0, 0.05) is 31.4 Å². The van der Waals surface area contributed by atoms with E-state index in [2.05, 4.69) is 38.7 Å². The quantitative estimate of drug-likeness (QED) is 0.411. The maximum atomic E-state index is 13.7. The Kier molecular flexibility index (Phi) is 6.54. The molecule has 1 atom stereocenters. The van der Waals surface area contributed by atoms with E-state index in [1.165, 1.54) is 0 Å². The summed E-state index contributed by atoms with van der Waals surface area (Å²) in [6.07, 6.45) is 3.94. The van der Waals surface area contributed by atoms with Crippen LogP contribution in [0, 0.1) is 11.3 Å². The SMILES string of the molecule is C[C@H]1COCCN1C(=O)c1ccc(-c2ccc3ncc(-c4ccc(C#N)cc4)n3c2)cc1N1CCOCC1. The number of imidazole rings is 1. The Bertz CT molecular complexity index is 1520. The maximum Gasteiger partial charge on any atom is 0.256 e. The number of benzene rings is 2. The smallest absolute Gasteiger partial charge is 0.256 e. The fourth-order valence-corrected chi connectivity index (χ4v) is 5.22. The van der Waals surface area contributed by atoms with E-state index in [0.29, 0.717) is 44.1 Å². The van der Waals surface area contributed by atoms with Gasteiger partial charge in [0.1, 0.15) is 5.65 Å². The number of anilines is 1. The summed E-state index contributed by atoms with van der Waals surface area (Å²) in [6.45, 7) is 6.52. The third kappa shape index (κ3) is 4.51. The summed E-state index contributed by atoms with van der Waals surface area (Å²) in [4.78, 5) is 22.4. The fraction of sp³-hybridized carbons (Fsp3) is 0.300. The van der Waals surface area contributed by atoms with Crippen molar-refractivity contribution in [1.29, 1.82) is 5.26 Å². The zero-order chi connectivity index (χ0) is 26.1. The number of hydrogen-bond donors (Lipinski definition) is 0. The summed E-state index contributed by atoms with van der Waals surface area (Å²) in [6, 6.07) is 19.9. The van der Waals surface area contributed by atoms with Crippen LogP contribution < -0.4 is 4.90 Å². The number of aromatic nitrogens is 2. The van der Waals surface area contributed by atoms with Gasteiger partial charge in [-0.15, -0.1) is 0 Å². The average Bonchev–Trinajstić information content (AvgIpc) is 3.40. The van der Waals surface area contributed by atoms with Crippen LogP contribution in [-0.2, 0) is 9.47 Å². The van der Waals surface area contributed by atoms with E-state index in [1.807, 2.05) is 60.5 Å². The Morgan fingerprint density at radius 1 is 0.947 bits per heavy atom. The highest BCUT2D eigenvalue weighted by molar-refractivity contribution is 6.01. The predicted octanol–water partition coefficient (Wildman–Crippen LogP) is 4.24. The van der Waals surface area contributed by atoms with Gasteiger partial charge in [-0.25, -0.2) is 4.98 Å². The Morgan fingerprint density at radius 2 is 1.68 bits per heavy atom. The van der Waals surface area contributed by atoms with Gasteiger partial charge < -0.3 is 19.3 Å². The lowest BCUT2D eigenvalue weighted by Crippen LogP contribution is -2.47. The van der Waals surface area contributed by atoms with Crippen molar-refractivity contribution in [2.45, 2.75) is 13.0 Å². The Balaban J connectivity index is 1.40. The maximum absolute atomic E-state index is 13.7. The lowest BCUT2D eigenvalue weighted by Gasteiger charge is -2.36. The van der Waals surface area contributed by atoms with Gasteiger partial charge in [0.15, 0.2) is 0 Å². The number of carbonyl (C=O) groups is 1. The molecule has 38 heavy (non-hydrogen) atoms. The molecule has 2 aliphatic rings. The van der Waals surface area contributed by atoms with Crippen LogP contribution in [0.15, 0.2) is 67.0 Å². The van der Waals surface area contributed by atoms with Gasteiger partial charge in [0.05, 0.1) is 67.2 Å². The summed E-state index contributed by atoms with van der Waals surface area (Å²) in [5, 5.41) is 9.14. The van der Waals surface area contributed by atoms with Crippen LogP contribution in [0.3, 0.4) is 0 Å². The molecule has 6 rings (SSSR count). The molecule has 4 heterocycles. The number of fused-ring (bicyclic) bond motifs is 1. The molecule has 0 bridgehead atoms. The first-order valence-electron chi connectivity index (χ1n) is 13.0. The number of ether oxygens (including phenoxy) is 2. The molecule has 0 unspecified atom stereocenters. The summed E-state index contributed by atoms with van der Waals surface area (Å²) < 4.78 is 13.2. The molecule has 2 aromatic carbocycles. The largest absolute Gasteiger partial charge is 0.378 e. The molecule has 2 saturated heterocycles. The summed E-state index contributed by atoms with van der Waals surface area (Å²) in [5.41, 5.74) is 7.11. The van der Waals surface area contributed by atoms with Crippen molar-refractivity contribution in [1.82, 2.24) is 14.3 Å². The van der Waals surface area contributed by atoms with Gasteiger partial charge in [-0.1, -0.05) is 18.2 Å². The molecule has 8 nitrogen and oxygen atoms in total. The summed E-state index contributed by atoms with van der Waals surface area (Å²) >= 11 is 0. The van der Waals surface area contributed by atoms with Crippen molar-refractivity contribution in [3.63, 3.8) is 0 Å². The van der Waals surface area contributed by atoms with Crippen molar-refractivity contribution >= 4 is 17.2 Å². The van der Waals surface area contributed by atoms with Crippen molar-refractivity contribution in [3.05, 3.63) is 78.1 Å². The number of amides is 1. The first-order chi connectivity index (χ1) is 18.6. The molecule has 192 valence electrons. The monoisotopic (exact) mass is 507 g/mol. The van der Waals surface area contributed by atoms with E-state index in [9.17, 15) is 4.79 Å². The summed E-state index contributed by atoms with van der Waals surface area (Å²) in [5.74, 6) is 0.0435. The average molecular weight is 508 g/mol. The number of rotatable bonds is 4. The van der Waals surface area contributed by atoms with Gasteiger partial charge in [0.25, 0.3) is 5.91 Å². The van der Waals surface area contributed by atoms with Gasteiger partial charge in [-0.3, -0.25) is 9.20 Å². The number of nitriles is 1. The second kappa shape index (κ2) is 10.3. The van der Waals surface area contributed by atoms with Crippen LogP contribution in [0.25, 0.3) is 28.0 Å². The third-order valence-corrected chi connectivity index (χ3v) is 7.36. The molecule has 2 aromatic heterocycles. The second-order valence-electron chi connectivity index (χ2n) is 9.73. The molecule has 2 fully saturated rings. The third-order valence-electron chi connectivity index (χ3n) is 7.36. The summed E-state index contributed by atoms with van der Waals surface area (Å²) in [7, 11) is 0. The number of hydrogen-bond acceptors (Lipinski definition) is 6. The van der Waals surface area contributed by atoms with E-state index in [0.717, 1.165) is 46.8 Å². The molecule has 1 amide bonds. The molecule has 0 radical (unpaired) electrons. The van der Waals surface area contributed by atoms with E-state index >= 15 is 0 Å². The Hall–Kier alpha value is -4.19. The minimum absolute atomic E-state index is 0.0396. The van der Waals surface area contributed by atoms with E-state index in [1.54, 1.807) is 0 Å². The number of pyridine rings is 1. The Morgan fingerprint density at radius 3 is 2.45 bits per heavy atom. The molecule has 0 aliphatic carbocycles. The highest BCUT2D eigenvalue weighted by Crippen LogP contribution is 2.32. The van der Waals surface area contributed by atoms with Gasteiger partial charge >= 0.3 is 0 Å². The lowest BCUT2D eigenvalue weighted by molar-refractivity contribution is 0.00361. The van der Waals surface area contributed by atoms with E-state index < -0.39 is 0 Å². The standard InChI is InChI=1S/C30H29N5O3/c1-21-20-38-15-12-34(21)30(36)26-8-6-24(16-27(26)33-10-13-37-14-11-33)25-7-9-29-32-18-28(35(29)19-25)23-4-2-22(17-31)3-5-23/h2-9,16,18-19,21H,10-15,20H2,1H3/t21-/m0/s1. The molecule has 0 saturated carbocycles. The number of morpholine rings is 2. The van der Waals surface area contributed by atoms with Crippen LogP contribution >= 0.6 is 0 Å². The highest BCUT2D eigenvalue weighted by Gasteiger charge is 2.28. The minimum atomic E-state index is 0.0396. The highest BCUT2D eigenvalue weighted by atomic mass is 16.5. The molecule has 8 heteroatoms. The lowest BCUT2D eigenvalue weighted by atomic mass is 10.0. The Labute approximate surface area is 221 Å². The van der Waals surface area contributed by atoms with Crippen molar-refractivity contribution in [2.75, 3.05) is 51.0 Å². The van der Waals surface area contributed by atoms with Crippen molar-refractivity contribution < 1.29 is 14.3 Å². The first-order valence-corrected chi connectivity index (χ1v) is 13.0. The van der Waals surface area contributed by atoms with Crippen LogP contribution in [0.5, 0.6) is 0 Å². The van der Waals surface area contributed by atoms with Crippen molar-refractivity contribution in [2.24, 2.45) is 0 Å². The normalized spacial score (nSPS) is 17.9. The van der Waals surface area contributed by atoms with Crippen LogP contribution in [-0.4, -0.2) is 72.3 Å². The second-order valence-corrected chi connectivity index (χ2v) is 9.73. The van der Waals surface area contributed by atoms with Crippen LogP contribution in [0.4, 0.5) is 5.69 Å². The minimum Gasteiger partial charge on any atom is -0.378 e. The molecular formula is C30H29N5O3. The van der Waals surface area contributed by atoms with Crippen molar-refractivity contribution in [3.8, 4) is 28.5 Å². The van der Waals surface area contributed by atoms with Gasteiger partial charge in [-0.05, 0) is 54.4 Å². The number of carbonyl (C=O) groups excluding carboxylic acids is 1. The fourth-order valence-electron chi connectivity index (χ4n) is 5.22. The molecule has 0 N–H and O–H groups in total.